The van der Waals surface area contributed by atoms with Crippen molar-refractivity contribution in [2.75, 3.05) is 40.9 Å². The van der Waals surface area contributed by atoms with Gasteiger partial charge in [-0.1, -0.05) is 141 Å². The molecule has 0 radical (unpaired) electrons. The minimum Gasteiger partial charge on any atom is -0.387 e. The van der Waals surface area contributed by atoms with Crippen molar-refractivity contribution in [3.05, 3.63) is 24.3 Å². The van der Waals surface area contributed by atoms with Gasteiger partial charge in [-0.15, -0.1) is 0 Å². The number of unbranched alkanes of at least 4 members (excludes halogenated alkanes) is 17. The largest absolute Gasteiger partial charge is 0.472 e. The van der Waals surface area contributed by atoms with Crippen molar-refractivity contribution in [1.29, 1.82) is 0 Å². The van der Waals surface area contributed by atoms with Gasteiger partial charge in [0.1, 0.15) is 13.2 Å². The van der Waals surface area contributed by atoms with Gasteiger partial charge in [0.15, 0.2) is 0 Å². The van der Waals surface area contributed by atoms with Crippen molar-refractivity contribution in [2.45, 2.75) is 161 Å². The number of nitrogens with zero attached hydrogens (tertiary/aromatic N) is 1. The number of allylic oxidation sites excluding steroid dienone is 3. The number of quaternary nitrogens is 1. The fourth-order valence-corrected chi connectivity index (χ4v) is 5.68. The Kier molecular flexibility index (Phi) is 28.5. The second-order valence-corrected chi connectivity index (χ2v) is 15.0. The average Bonchev–Trinajstić information content (AvgIpc) is 2.97. The molecule has 0 saturated carbocycles. The zero-order valence-corrected chi connectivity index (χ0v) is 30.8. The molecule has 0 aliphatic carbocycles. The Morgan fingerprint density at radius 3 is 1.73 bits per heavy atom. The summed E-state index contributed by atoms with van der Waals surface area (Å²) in [5.41, 5.74) is 0. The molecule has 0 saturated heterocycles. The van der Waals surface area contributed by atoms with Gasteiger partial charge in [0.2, 0.25) is 5.91 Å². The van der Waals surface area contributed by atoms with Crippen LogP contribution in [0.5, 0.6) is 0 Å². The summed E-state index contributed by atoms with van der Waals surface area (Å²) < 4.78 is 23.3. The normalized spacial score (nSPS) is 15.1. The summed E-state index contributed by atoms with van der Waals surface area (Å²) >= 11 is 0. The summed E-state index contributed by atoms with van der Waals surface area (Å²) in [4.78, 5) is 22.8. The van der Waals surface area contributed by atoms with Crippen LogP contribution in [0.4, 0.5) is 0 Å². The van der Waals surface area contributed by atoms with Gasteiger partial charge in [-0.05, 0) is 25.7 Å². The Hall–Kier alpha value is -1.02. The van der Waals surface area contributed by atoms with Crippen LogP contribution >= 0.6 is 7.82 Å². The molecule has 0 rings (SSSR count). The molecule has 8 nitrogen and oxygen atoms in total. The quantitative estimate of drug-likeness (QED) is 0.0288. The highest BCUT2D eigenvalue weighted by Gasteiger charge is 2.27. The van der Waals surface area contributed by atoms with E-state index >= 15 is 0 Å². The van der Waals surface area contributed by atoms with E-state index in [1.807, 2.05) is 27.2 Å². The lowest BCUT2D eigenvalue weighted by Gasteiger charge is -2.25. The van der Waals surface area contributed by atoms with E-state index in [0.717, 1.165) is 44.9 Å². The number of phosphoric acid groups is 1. The molecule has 1 amide bonds. The van der Waals surface area contributed by atoms with Crippen molar-refractivity contribution in [1.82, 2.24) is 5.32 Å². The lowest BCUT2D eigenvalue weighted by atomic mass is 10.0. The highest BCUT2D eigenvalue weighted by molar-refractivity contribution is 7.47. The second kappa shape index (κ2) is 29.1. The van der Waals surface area contributed by atoms with Gasteiger partial charge in [0.25, 0.3) is 0 Å². The Bertz CT molecular complexity index is 799. The minimum atomic E-state index is -4.32. The van der Waals surface area contributed by atoms with Crippen LogP contribution in [-0.4, -0.2) is 73.4 Å². The molecule has 0 spiro atoms. The maximum absolute atomic E-state index is 12.7. The fourth-order valence-electron chi connectivity index (χ4n) is 4.94. The zero-order valence-electron chi connectivity index (χ0n) is 29.9. The first-order valence-corrected chi connectivity index (χ1v) is 19.7. The number of carbonyl (C=O) groups is 1. The number of aliphatic hydroxyl groups excluding tert-OH is 1. The maximum atomic E-state index is 12.7. The average molecular weight is 660 g/mol. The first-order chi connectivity index (χ1) is 21.5. The topological polar surface area (TPSA) is 105 Å². The summed E-state index contributed by atoms with van der Waals surface area (Å²) in [6.07, 6.45) is 31.2. The van der Waals surface area contributed by atoms with Crippen molar-refractivity contribution >= 4 is 13.7 Å². The standard InChI is InChI=1S/C36H71N2O6P/c1-6-8-10-12-14-15-16-17-18-19-20-21-22-24-26-28-30-36(40)37-34(35(39)29-27-25-23-13-11-9-7-2)33-44-45(41,42)43-32-31-38(3,4)5/h11,13,27,29,34-35,39H,6-10,12,14-26,28,30-33H2,1-5H3,(H-,37,40,41,42)/p+1/b13-11+,29-27+. The number of aliphatic hydroxyl groups is 1. The van der Waals surface area contributed by atoms with E-state index < -0.39 is 20.0 Å². The molecule has 3 atom stereocenters. The van der Waals surface area contributed by atoms with E-state index in [9.17, 15) is 19.4 Å². The number of hydrogen-bond donors (Lipinski definition) is 3. The van der Waals surface area contributed by atoms with Crippen molar-refractivity contribution in [3.8, 4) is 0 Å². The number of amides is 1. The maximum Gasteiger partial charge on any atom is 0.472 e. The number of likely N-dealkylation sites (N-methyl/N-ethyl adjacent to an activating group) is 1. The van der Waals surface area contributed by atoms with Crippen molar-refractivity contribution in [2.24, 2.45) is 0 Å². The van der Waals surface area contributed by atoms with Crippen LogP contribution in [0.1, 0.15) is 149 Å². The van der Waals surface area contributed by atoms with Crippen molar-refractivity contribution in [3.63, 3.8) is 0 Å². The summed E-state index contributed by atoms with van der Waals surface area (Å²) in [5.74, 6) is -0.192. The van der Waals surface area contributed by atoms with Crippen LogP contribution in [0.15, 0.2) is 24.3 Å². The van der Waals surface area contributed by atoms with E-state index in [0.29, 0.717) is 17.4 Å². The minimum absolute atomic E-state index is 0.0571. The second-order valence-electron chi connectivity index (χ2n) is 13.6. The SMILES string of the molecule is CCC/C=C/CC/C=C/C(O)C(COP(=O)(O)OCC[N+](C)(C)C)NC(=O)CCCCCCCCCCCCCCCCCC. The predicted octanol–water partition coefficient (Wildman–Crippen LogP) is 9.02. The number of hydrogen-bond acceptors (Lipinski definition) is 5. The van der Waals surface area contributed by atoms with Gasteiger partial charge in [0.05, 0.1) is 39.9 Å². The molecule has 0 heterocycles. The molecular weight excluding hydrogens is 587 g/mol. The van der Waals surface area contributed by atoms with E-state index in [-0.39, 0.29) is 19.1 Å². The lowest BCUT2D eigenvalue weighted by Crippen LogP contribution is -2.45. The van der Waals surface area contributed by atoms with E-state index in [4.69, 9.17) is 9.05 Å². The Morgan fingerprint density at radius 2 is 1.22 bits per heavy atom. The van der Waals surface area contributed by atoms with Crippen molar-refractivity contribution < 1.29 is 32.9 Å². The predicted molar refractivity (Wildman–Crippen MR) is 189 cm³/mol. The van der Waals surface area contributed by atoms with Gasteiger partial charge >= 0.3 is 7.82 Å². The van der Waals surface area contributed by atoms with Crippen LogP contribution in [0, 0.1) is 0 Å². The molecule has 45 heavy (non-hydrogen) atoms. The third kappa shape index (κ3) is 31.4. The van der Waals surface area contributed by atoms with Gasteiger partial charge in [-0.25, -0.2) is 4.57 Å². The molecule has 3 N–H and O–H groups in total. The summed E-state index contributed by atoms with van der Waals surface area (Å²) in [6, 6.07) is -0.854. The Balaban J connectivity index is 4.39. The fraction of sp³-hybridized carbons (Fsp3) is 0.861. The first kappa shape index (κ1) is 44.0. The van der Waals surface area contributed by atoms with Gasteiger partial charge in [-0.2, -0.15) is 0 Å². The third-order valence-corrected chi connectivity index (χ3v) is 8.89. The molecule has 0 bridgehead atoms. The molecule has 0 aromatic carbocycles. The molecule has 0 aliphatic heterocycles. The molecule has 0 aromatic rings. The Labute approximate surface area is 277 Å². The monoisotopic (exact) mass is 660 g/mol. The number of nitrogens with one attached hydrogen (secondary N) is 1. The van der Waals surface area contributed by atoms with Crippen LogP contribution in [0.3, 0.4) is 0 Å². The summed E-state index contributed by atoms with van der Waals surface area (Å²) in [5, 5.41) is 13.6. The molecule has 0 fully saturated rings. The molecule has 0 aromatic heterocycles. The van der Waals surface area contributed by atoms with Crippen LogP contribution in [-0.2, 0) is 18.4 Å². The third-order valence-electron chi connectivity index (χ3n) is 7.91. The highest BCUT2D eigenvalue weighted by atomic mass is 31.2. The van der Waals surface area contributed by atoms with E-state index in [2.05, 4.69) is 31.3 Å². The van der Waals surface area contributed by atoms with Crippen LogP contribution in [0.25, 0.3) is 0 Å². The summed E-state index contributed by atoms with van der Waals surface area (Å²) in [6.45, 7) is 4.66. The number of rotatable bonds is 32. The number of carbonyl (C=O) groups excluding carboxylic acids is 1. The van der Waals surface area contributed by atoms with E-state index in [1.54, 1.807) is 6.08 Å². The molecule has 9 heteroatoms. The molecular formula is C36H72N2O6P+. The van der Waals surface area contributed by atoms with Crippen LogP contribution in [0.2, 0.25) is 0 Å². The smallest absolute Gasteiger partial charge is 0.387 e. The van der Waals surface area contributed by atoms with Gasteiger partial charge in [0, 0.05) is 6.42 Å². The zero-order chi connectivity index (χ0) is 33.7. The summed E-state index contributed by atoms with van der Waals surface area (Å²) in [7, 11) is 1.55. The van der Waals surface area contributed by atoms with Gasteiger partial charge in [-0.3, -0.25) is 13.8 Å². The molecule has 266 valence electrons. The first-order valence-electron chi connectivity index (χ1n) is 18.2. The highest BCUT2D eigenvalue weighted by Crippen LogP contribution is 2.43. The molecule has 3 unspecified atom stereocenters. The molecule has 0 aliphatic rings. The van der Waals surface area contributed by atoms with Gasteiger partial charge < -0.3 is 19.8 Å². The van der Waals surface area contributed by atoms with E-state index in [1.165, 1.54) is 83.5 Å². The Morgan fingerprint density at radius 1 is 0.733 bits per heavy atom. The van der Waals surface area contributed by atoms with Crippen LogP contribution < -0.4 is 5.32 Å². The lowest BCUT2D eigenvalue weighted by molar-refractivity contribution is -0.870. The number of phosphoric ester groups is 1.